The van der Waals surface area contributed by atoms with Gasteiger partial charge in [-0.25, -0.2) is 9.97 Å². The van der Waals surface area contributed by atoms with E-state index >= 15 is 0 Å². The van der Waals surface area contributed by atoms with Crippen LogP contribution in [-0.2, 0) is 6.18 Å². The van der Waals surface area contributed by atoms with E-state index in [0.29, 0.717) is 16.0 Å². The van der Waals surface area contributed by atoms with Crippen LogP contribution < -0.4 is 5.32 Å². The summed E-state index contributed by atoms with van der Waals surface area (Å²) < 4.78 is 39.5. The van der Waals surface area contributed by atoms with E-state index in [0.717, 1.165) is 11.3 Å². The lowest BCUT2D eigenvalue weighted by molar-refractivity contribution is -0.146. The molecule has 1 aromatic carbocycles. The first-order chi connectivity index (χ1) is 12.9. The first kappa shape index (κ1) is 16.9. The van der Waals surface area contributed by atoms with Crippen molar-refractivity contribution in [1.29, 1.82) is 0 Å². The Morgan fingerprint density at radius 1 is 0.963 bits per heavy atom. The molecule has 0 amide bonds. The quantitative estimate of drug-likeness (QED) is 0.592. The molecule has 0 unspecified atom stereocenters. The van der Waals surface area contributed by atoms with Crippen LogP contribution in [0.3, 0.4) is 0 Å². The highest BCUT2D eigenvalue weighted by atomic mass is 19.4. The number of aryl methyl sites for hydroxylation is 1. The molecule has 3 heterocycles. The predicted octanol–water partition coefficient (Wildman–Crippen LogP) is 3.65. The molecule has 0 bridgehead atoms. The van der Waals surface area contributed by atoms with Crippen LogP contribution >= 0.6 is 0 Å². The van der Waals surface area contributed by atoms with Crippen molar-refractivity contribution in [2.24, 2.45) is 0 Å². The van der Waals surface area contributed by atoms with Crippen LogP contribution in [0, 0.1) is 6.92 Å². The predicted molar refractivity (Wildman–Crippen MR) is 91.3 cm³/mol. The van der Waals surface area contributed by atoms with E-state index in [-0.39, 0.29) is 11.5 Å². The first-order valence-electron chi connectivity index (χ1n) is 7.87. The second-order valence-corrected chi connectivity index (χ2v) is 5.73. The van der Waals surface area contributed by atoms with Crippen molar-refractivity contribution in [3.63, 3.8) is 0 Å². The summed E-state index contributed by atoms with van der Waals surface area (Å²) in [7, 11) is 0. The van der Waals surface area contributed by atoms with Gasteiger partial charge in [0.1, 0.15) is 0 Å². The van der Waals surface area contributed by atoms with Crippen molar-refractivity contribution in [3.8, 4) is 11.4 Å². The van der Waals surface area contributed by atoms with E-state index in [4.69, 9.17) is 0 Å². The van der Waals surface area contributed by atoms with Gasteiger partial charge in [0.2, 0.25) is 0 Å². The number of halogens is 3. The third-order valence-corrected chi connectivity index (χ3v) is 3.73. The maximum Gasteiger partial charge on any atom is 0.453 e. The monoisotopic (exact) mass is 371 g/mol. The van der Waals surface area contributed by atoms with Crippen molar-refractivity contribution in [3.05, 3.63) is 60.2 Å². The van der Waals surface area contributed by atoms with Gasteiger partial charge in [-0.15, -0.1) is 15.3 Å². The lowest BCUT2D eigenvalue weighted by atomic mass is 10.2. The minimum absolute atomic E-state index is 0.0137. The molecule has 4 rings (SSSR count). The third-order valence-electron chi connectivity index (χ3n) is 3.73. The van der Waals surface area contributed by atoms with Crippen LogP contribution in [0.5, 0.6) is 0 Å². The van der Waals surface area contributed by atoms with Gasteiger partial charge in [-0.2, -0.15) is 17.7 Å². The second-order valence-electron chi connectivity index (χ2n) is 5.73. The van der Waals surface area contributed by atoms with Gasteiger partial charge in [-0.3, -0.25) is 0 Å². The molecule has 0 aliphatic carbocycles. The normalized spacial score (nSPS) is 11.7. The van der Waals surface area contributed by atoms with Gasteiger partial charge < -0.3 is 5.32 Å². The Labute approximate surface area is 150 Å². The van der Waals surface area contributed by atoms with Gasteiger partial charge in [0.15, 0.2) is 17.3 Å². The van der Waals surface area contributed by atoms with Crippen molar-refractivity contribution >= 4 is 17.2 Å². The fourth-order valence-corrected chi connectivity index (χ4v) is 2.47. The van der Waals surface area contributed by atoms with Gasteiger partial charge in [0, 0.05) is 23.1 Å². The standard InChI is InChI=1S/C17H12F3N7/c1-10-8-9-21-15(22-10)11-2-4-12(5-3-11)23-13-6-7-14-24-25-16(17(18,19)20)27(14)26-13/h2-9H,1H3,(H,23,26). The molecule has 0 aliphatic rings. The summed E-state index contributed by atoms with van der Waals surface area (Å²) >= 11 is 0. The molecular weight excluding hydrogens is 359 g/mol. The molecule has 4 aromatic rings. The SMILES string of the molecule is Cc1ccnc(-c2ccc(Nc3ccc4nnc(C(F)(F)F)n4n3)cc2)n1. The average molecular weight is 371 g/mol. The number of alkyl halides is 3. The zero-order valence-corrected chi connectivity index (χ0v) is 13.9. The van der Waals surface area contributed by atoms with E-state index in [2.05, 4.69) is 30.6 Å². The van der Waals surface area contributed by atoms with Gasteiger partial charge in [-0.1, -0.05) is 0 Å². The maximum absolute atomic E-state index is 12.9. The third kappa shape index (κ3) is 3.41. The number of anilines is 2. The minimum Gasteiger partial charge on any atom is -0.339 e. The summed E-state index contributed by atoms with van der Waals surface area (Å²) in [6.07, 6.45) is -2.96. The molecule has 0 aliphatic heterocycles. The fourth-order valence-electron chi connectivity index (χ4n) is 2.47. The number of nitrogens with zero attached hydrogens (tertiary/aromatic N) is 6. The summed E-state index contributed by atoms with van der Waals surface area (Å²) in [6.45, 7) is 1.88. The Morgan fingerprint density at radius 3 is 2.44 bits per heavy atom. The number of hydrogen-bond donors (Lipinski definition) is 1. The molecular formula is C17H12F3N7. The van der Waals surface area contributed by atoms with E-state index in [1.54, 1.807) is 24.4 Å². The van der Waals surface area contributed by atoms with E-state index in [1.807, 2.05) is 19.1 Å². The number of benzene rings is 1. The molecule has 7 nitrogen and oxygen atoms in total. The van der Waals surface area contributed by atoms with Crippen LogP contribution in [0.4, 0.5) is 24.7 Å². The van der Waals surface area contributed by atoms with Crippen molar-refractivity contribution < 1.29 is 13.2 Å². The lowest BCUT2D eigenvalue weighted by Gasteiger charge is -2.08. The Kier molecular flexibility index (Phi) is 3.94. The highest BCUT2D eigenvalue weighted by Gasteiger charge is 2.37. The molecule has 0 spiro atoms. The van der Waals surface area contributed by atoms with Gasteiger partial charge in [-0.05, 0) is 49.4 Å². The van der Waals surface area contributed by atoms with E-state index in [1.165, 1.54) is 12.1 Å². The molecule has 0 saturated carbocycles. The summed E-state index contributed by atoms with van der Waals surface area (Å²) in [4.78, 5) is 8.57. The number of aromatic nitrogens is 6. The highest BCUT2D eigenvalue weighted by molar-refractivity contribution is 5.63. The second kappa shape index (κ2) is 6.31. The molecule has 10 heteroatoms. The summed E-state index contributed by atoms with van der Waals surface area (Å²) in [5.41, 5.74) is 2.35. The van der Waals surface area contributed by atoms with Crippen LogP contribution in [0.2, 0.25) is 0 Å². The fraction of sp³-hybridized carbons (Fsp3) is 0.118. The molecule has 0 atom stereocenters. The van der Waals surface area contributed by atoms with Gasteiger partial charge in [0.05, 0.1) is 0 Å². The van der Waals surface area contributed by atoms with Crippen LogP contribution in [0.1, 0.15) is 11.5 Å². The molecule has 0 radical (unpaired) electrons. The Morgan fingerprint density at radius 2 is 1.74 bits per heavy atom. The molecule has 0 saturated heterocycles. The first-order valence-corrected chi connectivity index (χ1v) is 7.87. The summed E-state index contributed by atoms with van der Waals surface area (Å²) in [5.74, 6) is -0.346. The van der Waals surface area contributed by atoms with Crippen LogP contribution in [0.25, 0.3) is 17.0 Å². The van der Waals surface area contributed by atoms with Crippen LogP contribution in [0.15, 0.2) is 48.7 Å². The van der Waals surface area contributed by atoms with E-state index < -0.39 is 12.0 Å². The molecule has 1 N–H and O–H groups in total. The van der Waals surface area contributed by atoms with Crippen molar-refractivity contribution in [2.45, 2.75) is 13.1 Å². The minimum atomic E-state index is -4.64. The Hall–Kier alpha value is -3.56. The number of hydrogen-bond acceptors (Lipinski definition) is 6. The topological polar surface area (TPSA) is 80.9 Å². The zero-order valence-electron chi connectivity index (χ0n) is 13.9. The Bertz CT molecular complexity index is 1100. The average Bonchev–Trinajstić information content (AvgIpc) is 3.06. The zero-order chi connectivity index (χ0) is 19.0. The number of fused-ring (bicyclic) bond motifs is 1. The summed E-state index contributed by atoms with van der Waals surface area (Å²) in [5, 5.41) is 13.5. The number of rotatable bonds is 3. The van der Waals surface area contributed by atoms with Crippen molar-refractivity contribution in [1.82, 2.24) is 29.8 Å². The van der Waals surface area contributed by atoms with Gasteiger partial charge in [0.25, 0.3) is 5.82 Å². The van der Waals surface area contributed by atoms with Crippen LogP contribution in [-0.4, -0.2) is 29.8 Å². The molecule has 136 valence electrons. The van der Waals surface area contributed by atoms with Crippen molar-refractivity contribution in [2.75, 3.05) is 5.32 Å². The lowest BCUT2D eigenvalue weighted by Crippen LogP contribution is -2.13. The maximum atomic E-state index is 12.9. The largest absolute Gasteiger partial charge is 0.453 e. The molecule has 27 heavy (non-hydrogen) atoms. The summed E-state index contributed by atoms with van der Waals surface area (Å²) in [6, 6.07) is 11.9. The van der Waals surface area contributed by atoms with Gasteiger partial charge >= 0.3 is 6.18 Å². The van der Waals surface area contributed by atoms with E-state index in [9.17, 15) is 13.2 Å². The number of nitrogens with one attached hydrogen (secondary N) is 1. The highest BCUT2D eigenvalue weighted by Crippen LogP contribution is 2.28. The Balaban J connectivity index is 1.60. The smallest absolute Gasteiger partial charge is 0.339 e. The molecule has 0 fully saturated rings. The molecule has 3 aromatic heterocycles.